The molecule has 0 saturated carbocycles. The Hall–Kier alpha value is -1.89. The third-order valence-corrected chi connectivity index (χ3v) is 10.0. The van der Waals surface area contributed by atoms with Gasteiger partial charge in [-0.15, -0.1) is 0 Å². The summed E-state index contributed by atoms with van der Waals surface area (Å²) in [5.41, 5.74) is 1.42. The number of sulfonamides is 1. The van der Waals surface area contributed by atoms with Gasteiger partial charge < -0.3 is 9.47 Å². The smallest absolute Gasteiger partial charge is 0.266 e. The normalized spacial score (nSPS) is 22.2. The fourth-order valence-corrected chi connectivity index (χ4v) is 7.82. The summed E-state index contributed by atoms with van der Waals surface area (Å²) in [6.07, 6.45) is -0.126. The molecule has 1 amide bonds. The van der Waals surface area contributed by atoms with E-state index in [0.29, 0.717) is 24.3 Å². The molecule has 2 saturated heterocycles. The van der Waals surface area contributed by atoms with Crippen LogP contribution in [0.5, 0.6) is 11.5 Å². The second kappa shape index (κ2) is 8.69. The Morgan fingerprint density at radius 3 is 2.17 bits per heavy atom. The molecule has 2 N–H and O–H groups in total. The van der Waals surface area contributed by atoms with Crippen LogP contribution in [0.2, 0.25) is 0 Å². The van der Waals surface area contributed by atoms with Gasteiger partial charge in [-0.25, -0.2) is 26.6 Å². The average Bonchev–Trinajstić information content (AvgIpc) is 2.74. The van der Waals surface area contributed by atoms with Crippen molar-refractivity contribution in [2.75, 3.05) is 31.7 Å². The Labute approximate surface area is 176 Å². The molecule has 0 radical (unpaired) electrons. The molecule has 2 aliphatic heterocycles. The van der Waals surface area contributed by atoms with Gasteiger partial charge in [-0.3, -0.25) is 10.0 Å². The monoisotopic (exact) mass is 462 g/mol. The van der Waals surface area contributed by atoms with Gasteiger partial charge in [0, 0.05) is 13.1 Å². The summed E-state index contributed by atoms with van der Waals surface area (Å²) in [4.78, 5) is 12.4. The van der Waals surface area contributed by atoms with Gasteiger partial charge in [-0.1, -0.05) is 0 Å². The van der Waals surface area contributed by atoms with E-state index in [2.05, 4.69) is 0 Å². The molecule has 1 aromatic carbocycles. The van der Waals surface area contributed by atoms with Crippen molar-refractivity contribution < 1.29 is 36.3 Å². The van der Waals surface area contributed by atoms with Crippen LogP contribution in [-0.4, -0.2) is 74.8 Å². The van der Waals surface area contributed by atoms with Gasteiger partial charge in [-0.2, -0.15) is 0 Å². The Morgan fingerprint density at radius 1 is 1.13 bits per heavy atom. The molecule has 0 unspecified atom stereocenters. The number of hydroxylamine groups is 1. The van der Waals surface area contributed by atoms with Crippen molar-refractivity contribution in [2.24, 2.45) is 0 Å². The number of ether oxygens (including phenoxy) is 2. The van der Waals surface area contributed by atoms with E-state index in [4.69, 9.17) is 14.7 Å². The van der Waals surface area contributed by atoms with Crippen LogP contribution in [0.15, 0.2) is 24.3 Å². The minimum atomic E-state index is -4.19. The van der Waals surface area contributed by atoms with Gasteiger partial charge in [0.2, 0.25) is 10.0 Å². The number of carbonyl (C=O) groups is 1. The van der Waals surface area contributed by atoms with Gasteiger partial charge in [-0.05, 0) is 49.9 Å². The van der Waals surface area contributed by atoms with E-state index in [-0.39, 0.29) is 32.0 Å². The van der Waals surface area contributed by atoms with E-state index in [1.54, 1.807) is 31.4 Å². The van der Waals surface area contributed by atoms with E-state index in [1.165, 1.54) is 9.79 Å². The first-order chi connectivity index (χ1) is 14.1. The molecule has 30 heavy (non-hydrogen) atoms. The van der Waals surface area contributed by atoms with Crippen LogP contribution in [-0.2, 0) is 24.7 Å². The molecule has 12 heteroatoms. The third kappa shape index (κ3) is 4.41. The number of methoxy groups -OCH3 is 1. The summed E-state index contributed by atoms with van der Waals surface area (Å²) >= 11 is 0. The fourth-order valence-electron chi connectivity index (χ4n) is 3.86. The zero-order valence-electron chi connectivity index (χ0n) is 16.6. The lowest BCUT2D eigenvalue weighted by molar-refractivity contribution is -0.132. The highest BCUT2D eigenvalue weighted by atomic mass is 32.2. The van der Waals surface area contributed by atoms with E-state index in [9.17, 15) is 21.6 Å². The van der Waals surface area contributed by atoms with E-state index in [0.717, 1.165) is 0 Å². The summed E-state index contributed by atoms with van der Waals surface area (Å²) in [5, 5.41) is 9.13. The number of piperidine rings is 1. The summed E-state index contributed by atoms with van der Waals surface area (Å²) in [5.74, 6) is -0.585. The molecule has 168 valence electrons. The molecular formula is C18H26N2O8S2. The molecule has 0 aromatic heterocycles. The van der Waals surface area contributed by atoms with Gasteiger partial charge in [0.1, 0.15) is 27.4 Å². The Morgan fingerprint density at radius 2 is 1.67 bits per heavy atom. The predicted octanol–water partition coefficient (Wildman–Crippen LogP) is 0.321. The maximum absolute atomic E-state index is 13.3. The highest BCUT2D eigenvalue weighted by Crippen LogP contribution is 2.36. The first-order valence-electron chi connectivity index (χ1n) is 9.59. The SMILES string of the molecule is COc1ccc(OC2CCN(S(=O)(=O)C3(C(=O)NO)CCS(=O)(=O)CC3)CC2)cc1. The number of nitrogens with zero attached hydrogens (tertiary/aromatic N) is 1. The second-order valence-corrected chi connectivity index (χ2v) is 12.0. The van der Waals surface area contributed by atoms with Crippen molar-refractivity contribution in [3.8, 4) is 11.5 Å². The number of benzene rings is 1. The molecule has 2 aliphatic rings. The molecule has 0 spiro atoms. The molecule has 3 rings (SSSR count). The second-order valence-electron chi connectivity index (χ2n) is 7.48. The third-order valence-electron chi connectivity index (χ3n) is 5.75. The number of hydrogen-bond donors (Lipinski definition) is 2. The summed E-state index contributed by atoms with van der Waals surface area (Å²) in [6, 6.07) is 7.07. The number of rotatable bonds is 6. The molecular weight excluding hydrogens is 436 g/mol. The van der Waals surface area contributed by atoms with Crippen LogP contribution in [0, 0.1) is 0 Å². The molecule has 2 heterocycles. The fraction of sp³-hybridized carbons (Fsp3) is 0.611. The minimum Gasteiger partial charge on any atom is -0.497 e. The van der Waals surface area contributed by atoms with Crippen LogP contribution in [0.3, 0.4) is 0 Å². The first-order valence-corrected chi connectivity index (χ1v) is 12.8. The Balaban J connectivity index is 1.70. The molecule has 10 nitrogen and oxygen atoms in total. The van der Waals surface area contributed by atoms with Gasteiger partial charge in [0.15, 0.2) is 4.75 Å². The van der Waals surface area contributed by atoms with Crippen molar-refractivity contribution in [3.63, 3.8) is 0 Å². The summed E-state index contributed by atoms with van der Waals surface area (Å²) < 4.78 is 60.4. The predicted molar refractivity (Wildman–Crippen MR) is 108 cm³/mol. The molecule has 1 aromatic rings. The van der Waals surface area contributed by atoms with Gasteiger partial charge in [0.05, 0.1) is 18.6 Å². The zero-order chi connectivity index (χ0) is 22.0. The Kier molecular flexibility index (Phi) is 6.60. The van der Waals surface area contributed by atoms with Gasteiger partial charge in [0.25, 0.3) is 5.91 Å². The lowest BCUT2D eigenvalue weighted by Crippen LogP contribution is -2.61. The highest BCUT2D eigenvalue weighted by Gasteiger charge is 2.56. The molecule has 2 fully saturated rings. The maximum Gasteiger partial charge on any atom is 0.266 e. The Bertz CT molecular complexity index is 954. The molecule has 0 aliphatic carbocycles. The van der Waals surface area contributed by atoms with Crippen molar-refractivity contribution in [2.45, 2.75) is 36.5 Å². The number of amides is 1. The van der Waals surface area contributed by atoms with Crippen LogP contribution in [0.1, 0.15) is 25.7 Å². The first kappa shape index (κ1) is 22.8. The number of nitrogens with one attached hydrogen (secondary N) is 1. The lowest BCUT2D eigenvalue weighted by atomic mass is 10.0. The average molecular weight is 463 g/mol. The molecule has 0 bridgehead atoms. The van der Waals surface area contributed by atoms with Crippen LogP contribution in [0.25, 0.3) is 0 Å². The van der Waals surface area contributed by atoms with E-state index < -0.39 is 42.0 Å². The summed E-state index contributed by atoms with van der Waals surface area (Å²) in [7, 11) is -6.03. The lowest BCUT2D eigenvalue weighted by Gasteiger charge is -2.40. The van der Waals surface area contributed by atoms with Crippen molar-refractivity contribution in [1.29, 1.82) is 0 Å². The van der Waals surface area contributed by atoms with Crippen LogP contribution >= 0.6 is 0 Å². The number of hydrogen-bond acceptors (Lipinski definition) is 8. The van der Waals surface area contributed by atoms with Crippen LogP contribution < -0.4 is 15.0 Å². The van der Waals surface area contributed by atoms with E-state index >= 15 is 0 Å². The van der Waals surface area contributed by atoms with Crippen LogP contribution in [0.4, 0.5) is 0 Å². The largest absolute Gasteiger partial charge is 0.497 e. The molecule has 0 atom stereocenters. The quantitative estimate of drug-likeness (QED) is 0.455. The zero-order valence-corrected chi connectivity index (χ0v) is 18.2. The van der Waals surface area contributed by atoms with Crippen molar-refractivity contribution in [1.82, 2.24) is 9.79 Å². The number of carbonyl (C=O) groups excluding carboxylic acids is 1. The topological polar surface area (TPSA) is 139 Å². The standard InChI is InChI=1S/C18H26N2O8S2/c1-27-14-2-4-15(5-3-14)28-16-6-10-20(11-7-16)30(25,26)18(17(21)19-22)8-12-29(23,24)13-9-18/h2-5,16,22H,6-13H2,1H3,(H,19,21). The van der Waals surface area contributed by atoms with E-state index in [1.807, 2.05) is 0 Å². The highest BCUT2D eigenvalue weighted by molar-refractivity contribution is 7.93. The van der Waals surface area contributed by atoms with Crippen molar-refractivity contribution in [3.05, 3.63) is 24.3 Å². The van der Waals surface area contributed by atoms with Crippen molar-refractivity contribution >= 4 is 25.8 Å². The summed E-state index contributed by atoms with van der Waals surface area (Å²) in [6.45, 7) is 0.271. The number of sulfone groups is 1. The van der Waals surface area contributed by atoms with Gasteiger partial charge >= 0.3 is 0 Å². The minimum absolute atomic E-state index is 0.135. The maximum atomic E-state index is 13.3.